The van der Waals surface area contributed by atoms with E-state index < -0.39 is 0 Å². The number of rotatable bonds is 0. The van der Waals surface area contributed by atoms with Gasteiger partial charge in [-0.15, -0.1) is 0 Å². The summed E-state index contributed by atoms with van der Waals surface area (Å²) < 4.78 is 8.92. The standard InChI is InChI=1S/C3H2O3/c4-2-1-3(5-1)6-2/h1,3H. The Morgan fingerprint density at radius 1 is 1.67 bits per heavy atom. The van der Waals surface area contributed by atoms with Crippen LogP contribution in [0.1, 0.15) is 0 Å². The summed E-state index contributed by atoms with van der Waals surface area (Å²) in [5, 5.41) is 0. The van der Waals surface area contributed by atoms with Gasteiger partial charge in [-0.25, -0.2) is 4.79 Å². The average molecular weight is 86.0 g/mol. The van der Waals surface area contributed by atoms with E-state index in [2.05, 4.69) is 9.47 Å². The molecule has 2 aliphatic heterocycles. The smallest absolute Gasteiger partial charge is 0.344 e. The van der Waals surface area contributed by atoms with Crippen LogP contribution in [0, 0.1) is 0 Å². The lowest BCUT2D eigenvalue weighted by Crippen LogP contribution is -2.26. The molecule has 2 unspecified atom stereocenters. The SMILES string of the molecule is O=C1OC2OC12. The van der Waals surface area contributed by atoms with Crippen molar-refractivity contribution >= 4 is 5.97 Å². The maximum atomic E-state index is 9.92. The highest BCUT2D eigenvalue weighted by Gasteiger charge is 2.60. The summed E-state index contributed by atoms with van der Waals surface area (Å²) in [5.41, 5.74) is 0. The Hall–Kier alpha value is -0.570. The molecule has 2 saturated heterocycles. The first-order chi connectivity index (χ1) is 2.88. The molecule has 0 aromatic rings. The number of carbonyl (C=O) groups excluding carboxylic acids is 1. The van der Waals surface area contributed by atoms with E-state index in [0.29, 0.717) is 0 Å². The first-order valence-electron chi connectivity index (χ1n) is 1.74. The number of hydrogen-bond donors (Lipinski definition) is 0. The Balaban J connectivity index is 2.26. The summed E-state index contributed by atoms with van der Waals surface area (Å²) in [7, 11) is 0. The van der Waals surface area contributed by atoms with Crippen molar-refractivity contribution in [3.8, 4) is 0 Å². The first-order valence-corrected chi connectivity index (χ1v) is 1.74. The lowest BCUT2D eigenvalue weighted by Gasteiger charge is -2.01. The van der Waals surface area contributed by atoms with Crippen molar-refractivity contribution in [3.63, 3.8) is 0 Å². The minimum atomic E-state index is -0.208. The van der Waals surface area contributed by atoms with Gasteiger partial charge in [-0.2, -0.15) is 0 Å². The zero-order valence-corrected chi connectivity index (χ0v) is 2.88. The fourth-order valence-corrected chi connectivity index (χ4v) is 0.465. The maximum absolute atomic E-state index is 9.92. The molecule has 32 valence electrons. The molecule has 2 rings (SSSR count). The quantitative estimate of drug-likeness (QED) is 0.288. The van der Waals surface area contributed by atoms with E-state index in [1.54, 1.807) is 0 Å². The molecule has 2 fully saturated rings. The Kier molecular flexibility index (Phi) is 0.206. The fraction of sp³-hybridized carbons (Fsp3) is 0.667. The van der Waals surface area contributed by atoms with Gasteiger partial charge in [-0.3, -0.25) is 0 Å². The average Bonchev–Trinajstić information content (AvgIpc) is 2.12. The zero-order chi connectivity index (χ0) is 4.15. The number of epoxide rings is 1. The minimum Gasteiger partial charge on any atom is -0.430 e. The Morgan fingerprint density at radius 2 is 2.50 bits per heavy atom. The predicted octanol–water partition coefficient (Wildman–Crippen LogP) is -0.732. The highest BCUT2D eigenvalue weighted by Crippen LogP contribution is 2.34. The third-order valence-corrected chi connectivity index (χ3v) is 0.916. The molecule has 0 saturated carbocycles. The summed E-state index contributed by atoms with van der Waals surface area (Å²) in [5.74, 6) is -0.208. The van der Waals surface area contributed by atoms with Gasteiger partial charge in [0, 0.05) is 0 Å². The Bertz CT molecular complexity index is 109. The molecule has 0 aromatic carbocycles. The molecule has 3 heteroatoms. The molecule has 3 nitrogen and oxygen atoms in total. The monoisotopic (exact) mass is 86.0 g/mol. The Labute approximate surface area is 33.8 Å². The second-order valence-electron chi connectivity index (χ2n) is 1.36. The van der Waals surface area contributed by atoms with E-state index in [0.717, 1.165) is 0 Å². The molecule has 6 heavy (non-hydrogen) atoms. The molecule has 0 N–H and O–H groups in total. The summed E-state index contributed by atoms with van der Waals surface area (Å²) in [6.07, 6.45) is -0.303. The van der Waals surface area contributed by atoms with Crippen molar-refractivity contribution < 1.29 is 14.3 Å². The molecular weight excluding hydrogens is 84.0 g/mol. The Morgan fingerprint density at radius 3 is 2.50 bits per heavy atom. The molecule has 0 aromatic heterocycles. The van der Waals surface area contributed by atoms with Crippen molar-refractivity contribution in [2.24, 2.45) is 0 Å². The van der Waals surface area contributed by atoms with Gasteiger partial charge >= 0.3 is 5.97 Å². The molecule has 0 radical (unpaired) electrons. The molecule has 2 atom stereocenters. The predicted molar refractivity (Wildman–Crippen MR) is 14.8 cm³/mol. The molecule has 2 aliphatic rings. The van der Waals surface area contributed by atoms with Crippen LogP contribution in [0.15, 0.2) is 0 Å². The van der Waals surface area contributed by atoms with Gasteiger partial charge in [0.1, 0.15) is 0 Å². The second kappa shape index (κ2) is 0.479. The van der Waals surface area contributed by atoms with E-state index in [-0.39, 0.29) is 18.4 Å². The van der Waals surface area contributed by atoms with Crippen LogP contribution in [0.2, 0.25) is 0 Å². The van der Waals surface area contributed by atoms with Crippen LogP contribution in [-0.4, -0.2) is 18.4 Å². The first kappa shape index (κ1) is 2.58. The maximum Gasteiger partial charge on any atom is 0.344 e. The van der Waals surface area contributed by atoms with Crippen molar-refractivity contribution in [1.82, 2.24) is 0 Å². The van der Waals surface area contributed by atoms with Gasteiger partial charge in [0.2, 0.25) is 12.4 Å². The normalized spacial score (nSPS) is 49.0. The van der Waals surface area contributed by atoms with Gasteiger partial charge < -0.3 is 9.47 Å². The van der Waals surface area contributed by atoms with Crippen LogP contribution in [0.25, 0.3) is 0 Å². The number of carbonyl (C=O) groups is 1. The number of ether oxygens (including phenoxy) is 2. The molecule has 0 amide bonds. The lowest BCUT2D eigenvalue weighted by molar-refractivity contribution is -0.154. The third-order valence-electron chi connectivity index (χ3n) is 0.916. The second-order valence-corrected chi connectivity index (χ2v) is 1.36. The molecular formula is C3H2O3. The van der Waals surface area contributed by atoms with Crippen LogP contribution in [0.4, 0.5) is 0 Å². The largest absolute Gasteiger partial charge is 0.430 e. The van der Waals surface area contributed by atoms with E-state index in [1.165, 1.54) is 0 Å². The van der Waals surface area contributed by atoms with Crippen molar-refractivity contribution in [1.29, 1.82) is 0 Å². The van der Waals surface area contributed by atoms with E-state index in [9.17, 15) is 4.79 Å². The number of fused-ring (bicyclic) bond motifs is 1. The van der Waals surface area contributed by atoms with Crippen LogP contribution in [-0.2, 0) is 14.3 Å². The fourth-order valence-electron chi connectivity index (χ4n) is 0.465. The summed E-state index contributed by atoms with van der Waals surface area (Å²) >= 11 is 0. The van der Waals surface area contributed by atoms with Gasteiger partial charge in [0.05, 0.1) is 0 Å². The molecule has 0 bridgehead atoms. The lowest BCUT2D eigenvalue weighted by atomic mass is 10.4. The third kappa shape index (κ3) is 0.112. The van der Waals surface area contributed by atoms with Gasteiger partial charge in [-0.1, -0.05) is 0 Å². The van der Waals surface area contributed by atoms with Crippen LogP contribution in [0.3, 0.4) is 0 Å². The topological polar surface area (TPSA) is 38.8 Å². The zero-order valence-electron chi connectivity index (χ0n) is 2.88. The molecule has 0 aliphatic carbocycles. The summed E-state index contributed by atoms with van der Waals surface area (Å²) in [6.45, 7) is 0. The van der Waals surface area contributed by atoms with Crippen LogP contribution >= 0.6 is 0 Å². The number of esters is 1. The minimum absolute atomic E-state index is 0.141. The van der Waals surface area contributed by atoms with E-state index >= 15 is 0 Å². The number of hydrogen-bond acceptors (Lipinski definition) is 3. The highest BCUT2D eigenvalue weighted by atomic mass is 16.8. The summed E-state index contributed by atoms with van der Waals surface area (Å²) in [4.78, 5) is 9.92. The van der Waals surface area contributed by atoms with Gasteiger partial charge in [0.15, 0.2) is 0 Å². The van der Waals surface area contributed by atoms with Gasteiger partial charge in [0.25, 0.3) is 0 Å². The highest BCUT2D eigenvalue weighted by molar-refractivity contribution is 5.83. The molecule has 0 spiro atoms. The van der Waals surface area contributed by atoms with E-state index in [4.69, 9.17) is 0 Å². The van der Waals surface area contributed by atoms with Crippen LogP contribution in [0.5, 0.6) is 0 Å². The van der Waals surface area contributed by atoms with Crippen molar-refractivity contribution in [2.75, 3.05) is 0 Å². The van der Waals surface area contributed by atoms with Crippen LogP contribution < -0.4 is 0 Å². The van der Waals surface area contributed by atoms with E-state index in [1.807, 2.05) is 0 Å². The van der Waals surface area contributed by atoms with Crippen molar-refractivity contribution in [2.45, 2.75) is 12.4 Å². The van der Waals surface area contributed by atoms with Gasteiger partial charge in [-0.05, 0) is 0 Å². The summed E-state index contributed by atoms with van der Waals surface area (Å²) in [6, 6.07) is 0. The molecule has 2 heterocycles. The van der Waals surface area contributed by atoms with Crippen molar-refractivity contribution in [3.05, 3.63) is 0 Å².